The van der Waals surface area contributed by atoms with E-state index in [0.717, 1.165) is 12.1 Å². The SMILES string of the molecule is Cl.NC1CCN(S(=O)(=O)c2ccc(F)c(F)c2)C1. The van der Waals surface area contributed by atoms with Gasteiger partial charge < -0.3 is 5.73 Å². The lowest BCUT2D eigenvalue weighted by Gasteiger charge is -2.15. The molecule has 2 N–H and O–H groups in total. The summed E-state index contributed by atoms with van der Waals surface area (Å²) in [5, 5.41) is 0. The second-order valence-corrected chi connectivity index (χ2v) is 5.93. The van der Waals surface area contributed by atoms with Gasteiger partial charge in [-0.1, -0.05) is 0 Å². The number of hydrogen-bond donors (Lipinski definition) is 1. The number of hydrogen-bond acceptors (Lipinski definition) is 3. The van der Waals surface area contributed by atoms with Gasteiger partial charge in [0.15, 0.2) is 11.6 Å². The van der Waals surface area contributed by atoms with Crippen molar-refractivity contribution in [1.29, 1.82) is 0 Å². The first-order valence-corrected chi connectivity index (χ1v) is 6.56. The second kappa shape index (κ2) is 5.48. The van der Waals surface area contributed by atoms with E-state index in [4.69, 9.17) is 5.73 Å². The number of sulfonamides is 1. The lowest BCUT2D eigenvalue weighted by Crippen LogP contribution is -2.32. The first-order valence-electron chi connectivity index (χ1n) is 5.12. The molecule has 0 radical (unpaired) electrons. The fourth-order valence-corrected chi connectivity index (χ4v) is 3.28. The van der Waals surface area contributed by atoms with E-state index < -0.39 is 21.7 Å². The van der Waals surface area contributed by atoms with Crippen LogP contribution in [-0.4, -0.2) is 31.9 Å². The summed E-state index contributed by atoms with van der Waals surface area (Å²) in [5.41, 5.74) is 5.61. The van der Waals surface area contributed by atoms with Crippen molar-refractivity contribution in [2.75, 3.05) is 13.1 Å². The van der Waals surface area contributed by atoms with Crippen molar-refractivity contribution >= 4 is 22.4 Å². The maximum atomic E-state index is 13.0. The Morgan fingerprint density at radius 3 is 2.44 bits per heavy atom. The van der Waals surface area contributed by atoms with Crippen LogP contribution >= 0.6 is 12.4 Å². The van der Waals surface area contributed by atoms with Crippen molar-refractivity contribution in [2.45, 2.75) is 17.4 Å². The predicted molar refractivity (Wildman–Crippen MR) is 65.0 cm³/mol. The summed E-state index contributed by atoms with van der Waals surface area (Å²) in [6.45, 7) is 0.518. The minimum absolute atomic E-state index is 0. The lowest BCUT2D eigenvalue weighted by atomic mass is 10.3. The predicted octanol–water partition coefficient (Wildman–Crippen LogP) is 1.11. The quantitative estimate of drug-likeness (QED) is 0.889. The molecule has 18 heavy (non-hydrogen) atoms. The number of halogens is 3. The molecule has 0 saturated carbocycles. The largest absolute Gasteiger partial charge is 0.326 e. The zero-order valence-electron chi connectivity index (χ0n) is 9.34. The standard InChI is InChI=1S/C10H12F2N2O2S.ClH/c11-9-2-1-8(5-10(9)12)17(15,16)14-4-3-7(13)6-14;/h1-2,5,7H,3-4,6,13H2;1H. The van der Waals surface area contributed by atoms with Gasteiger partial charge in [0.1, 0.15) is 0 Å². The van der Waals surface area contributed by atoms with Crippen molar-refractivity contribution < 1.29 is 17.2 Å². The van der Waals surface area contributed by atoms with Gasteiger partial charge in [0.25, 0.3) is 0 Å². The smallest absolute Gasteiger partial charge is 0.243 e. The molecule has 1 atom stereocenters. The molecule has 0 bridgehead atoms. The van der Waals surface area contributed by atoms with Crippen LogP contribution < -0.4 is 5.73 Å². The highest BCUT2D eigenvalue weighted by Crippen LogP contribution is 2.21. The van der Waals surface area contributed by atoms with E-state index in [1.54, 1.807) is 0 Å². The normalized spacial score (nSPS) is 20.7. The molecule has 1 saturated heterocycles. The highest BCUT2D eigenvalue weighted by molar-refractivity contribution is 7.89. The summed E-state index contributed by atoms with van der Waals surface area (Å²) >= 11 is 0. The van der Waals surface area contributed by atoms with Crippen LogP contribution in [-0.2, 0) is 10.0 Å². The summed E-state index contributed by atoms with van der Waals surface area (Å²) in [5.74, 6) is -2.24. The monoisotopic (exact) mass is 298 g/mol. The van der Waals surface area contributed by atoms with E-state index in [9.17, 15) is 17.2 Å². The molecule has 1 heterocycles. The van der Waals surface area contributed by atoms with Gasteiger partial charge in [0.05, 0.1) is 4.90 Å². The van der Waals surface area contributed by atoms with E-state index in [0.29, 0.717) is 19.0 Å². The van der Waals surface area contributed by atoms with E-state index >= 15 is 0 Å². The first-order chi connectivity index (χ1) is 7.91. The van der Waals surface area contributed by atoms with Crippen LogP contribution in [0.15, 0.2) is 23.1 Å². The molecule has 1 aromatic carbocycles. The Hall–Kier alpha value is -0.760. The van der Waals surface area contributed by atoms with Gasteiger partial charge in [-0.05, 0) is 24.6 Å². The third-order valence-electron chi connectivity index (χ3n) is 2.72. The molecule has 1 aliphatic rings. The number of nitrogens with two attached hydrogens (primary N) is 1. The van der Waals surface area contributed by atoms with Crippen molar-refractivity contribution in [2.24, 2.45) is 5.73 Å². The van der Waals surface area contributed by atoms with Crippen LogP contribution in [0, 0.1) is 11.6 Å². The van der Waals surface area contributed by atoms with Crippen LogP contribution in [0.1, 0.15) is 6.42 Å². The molecular formula is C10H13ClF2N2O2S. The second-order valence-electron chi connectivity index (χ2n) is 3.99. The van der Waals surface area contributed by atoms with Crippen molar-refractivity contribution in [1.82, 2.24) is 4.31 Å². The molecular weight excluding hydrogens is 286 g/mol. The molecule has 1 unspecified atom stereocenters. The molecule has 1 aromatic rings. The summed E-state index contributed by atoms with van der Waals surface area (Å²) in [4.78, 5) is -0.245. The fourth-order valence-electron chi connectivity index (χ4n) is 1.76. The Bertz CT molecular complexity index is 539. The molecule has 2 rings (SSSR count). The Morgan fingerprint density at radius 1 is 1.28 bits per heavy atom. The molecule has 0 amide bonds. The number of nitrogens with zero attached hydrogens (tertiary/aromatic N) is 1. The highest BCUT2D eigenvalue weighted by atomic mass is 35.5. The Labute approximate surface area is 110 Å². The minimum Gasteiger partial charge on any atom is -0.326 e. The molecule has 4 nitrogen and oxygen atoms in total. The van der Waals surface area contributed by atoms with Crippen LogP contribution in [0.5, 0.6) is 0 Å². The highest BCUT2D eigenvalue weighted by Gasteiger charge is 2.31. The van der Waals surface area contributed by atoms with Crippen molar-refractivity contribution in [3.8, 4) is 0 Å². The van der Waals surface area contributed by atoms with Crippen molar-refractivity contribution in [3.05, 3.63) is 29.8 Å². The topological polar surface area (TPSA) is 63.4 Å². The van der Waals surface area contributed by atoms with E-state index in [-0.39, 0.29) is 29.9 Å². The third kappa shape index (κ3) is 2.80. The maximum absolute atomic E-state index is 13.0. The van der Waals surface area contributed by atoms with E-state index in [1.807, 2.05) is 0 Å². The van der Waals surface area contributed by atoms with E-state index in [1.165, 1.54) is 4.31 Å². The molecule has 102 valence electrons. The van der Waals surface area contributed by atoms with Gasteiger partial charge in [-0.25, -0.2) is 17.2 Å². The van der Waals surface area contributed by atoms with Crippen LogP contribution in [0.3, 0.4) is 0 Å². The fraction of sp³-hybridized carbons (Fsp3) is 0.400. The Balaban J connectivity index is 0.00000162. The minimum atomic E-state index is -3.76. The summed E-state index contributed by atoms with van der Waals surface area (Å²) < 4.78 is 50.9. The average molecular weight is 299 g/mol. The summed E-state index contributed by atoms with van der Waals surface area (Å²) in [6, 6.07) is 2.35. The Kier molecular flexibility index (Phi) is 4.66. The molecule has 0 aromatic heterocycles. The van der Waals surface area contributed by atoms with Gasteiger partial charge in [0.2, 0.25) is 10.0 Å². The molecule has 0 aliphatic carbocycles. The van der Waals surface area contributed by atoms with Gasteiger partial charge in [-0.2, -0.15) is 4.31 Å². The van der Waals surface area contributed by atoms with Gasteiger partial charge in [-0.3, -0.25) is 0 Å². The third-order valence-corrected chi connectivity index (χ3v) is 4.58. The van der Waals surface area contributed by atoms with Gasteiger partial charge in [-0.15, -0.1) is 12.4 Å². The van der Waals surface area contributed by atoms with Crippen LogP contribution in [0.25, 0.3) is 0 Å². The summed E-state index contributed by atoms with van der Waals surface area (Å²) in [6.07, 6.45) is 0.572. The Morgan fingerprint density at radius 2 is 1.94 bits per heavy atom. The van der Waals surface area contributed by atoms with Gasteiger partial charge >= 0.3 is 0 Å². The zero-order chi connectivity index (χ0) is 12.6. The lowest BCUT2D eigenvalue weighted by molar-refractivity contribution is 0.468. The van der Waals surface area contributed by atoms with Gasteiger partial charge in [0, 0.05) is 19.1 Å². The molecule has 8 heteroatoms. The molecule has 1 fully saturated rings. The van der Waals surface area contributed by atoms with E-state index in [2.05, 4.69) is 0 Å². The molecule has 1 aliphatic heterocycles. The zero-order valence-corrected chi connectivity index (χ0v) is 11.0. The first kappa shape index (κ1) is 15.3. The average Bonchev–Trinajstić information content (AvgIpc) is 2.69. The van der Waals surface area contributed by atoms with Crippen LogP contribution in [0.4, 0.5) is 8.78 Å². The maximum Gasteiger partial charge on any atom is 0.243 e. The van der Waals surface area contributed by atoms with Crippen LogP contribution in [0.2, 0.25) is 0 Å². The number of benzene rings is 1. The summed E-state index contributed by atoms with van der Waals surface area (Å²) in [7, 11) is -3.76. The molecule has 0 spiro atoms. The number of rotatable bonds is 2. The van der Waals surface area contributed by atoms with Crippen molar-refractivity contribution in [3.63, 3.8) is 0 Å².